The molecule has 0 bridgehead atoms. The van der Waals surface area contributed by atoms with Crippen LogP contribution in [0.2, 0.25) is 10.0 Å². The molecule has 0 fully saturated rings. The normalized spacial score (nSPS) is 12.5. The molecular weight excluding hydrogens is 309 g/mol. The van der Waals surface area contributed by atoms with E-state index >= 15 is 0 Å². The number of hydrogen-bond donors (Lipinski definition) is 1. The van der Waals surface area contributed by atoms with Crippen LogP contribution in [-0.4, -0.2) is 15.8 Å². The van der Waals surface area contributed by atoms with E-state index in [4.69, 9.17) is 33.7 Å². The summed E-state index contributed by atoms with van der Waals surface area (Å²) in [6.07, 6.45) is 1.62. The van der Waals surface area contributed by atoms with Gasteiger partial charge in [0.15, 0.2) is 0 Å². The fourth-order valence-electron chi connectivity index (χ4n) is 2.15. The number of rotatable bonds is 5. The Labute approximate surface area is 134 Å². The van der Waals surface area contributed by atoms with Gasteiger partial charge in [-0.3, -0.25) is 0 Å². The molecule has 2 N–H and O–H groups in total. The molecule has 6 heteroatoms. The molecule has 114 valence electrons. The lowest BCUT2D eigenvalue weighted by Gasteiger charge is -2.12. The molecule has 1 atom stereocenters. The number of aromatic nitrogens is 2. The lowest BCUT2D eigenvalue weighted by Crippen LogP contribution is -2.21. The first kappa shape index (κ1) is 16.1. The number of hydrogen-bond acceptors (Lipinski definition) is 3. The summed E-state index contributed by atoms with van der Waals surface area (Å²) < 4.78 is 7.65. The van der Waals surface area contributed by atoms with Gasteiger partial charge >= 0.3 is 0 Å². The second kappa shape index (κ2) is 6.69. The molecule has 21 heavy (non-hydrogen) atoms. The van der Waals surface area contributed by atoms with E-state index in [9.17, 15) is 0 Å². The van der Waals surface area contributed by atoms with Gasteiger partial charge in [-0.1, -0.05) is 30.1 Å². The van der Waals surface area contributed by atoms with E-state index in [0.717, 1.165) is 24.1 Å². The van der Waals surface area contributed by atoms with Crippen molar-refractivity contribution in [2.24, 2.45) is 12.8 Å². The van der Waals surface area contributed by atoms with Gasteiger partial charge in [-0.15, -0.1) is 0 Å². The molecule has 1 heterocycles. The van der Waals surface area contributed by atoms with Gasteiger partial charge in [-0.25, -0.2) is 4.68 Å². The Morgan fingerprint density at radius 3 is 2.48 bits per heavy atom. The second-order valence-corrected chi connectivity index (χ2v) is 5.95. The second-order valence-electron chi connectivity index (χ2n) is 5.07. The van der Waals surface area contributed by atoms with Gasteiger partial charge in [0.05, 0.1) is 5.69 Å². The van der Waals surface area contributed by atoms with Crippen LogP contribution in [0.4, 0.5) is 0 Å². The van der Waals surface area contributed by atoms with Crippen LogP contribution in [0.3, 0.4) is 0 Å². The summed E-state index contributed by atoms with van der Waals surface area (Å²) in [6.45, 7) is 4.02. The summed E-state index contributed by atoms with van der Waals surface area (Å²) in [4.78, 5) is 0. The summed E-state index contributed by atoms with van der Waals surface area (Å²) in [5, 5.41) is 5.47. The Bertz CT molecular complexity index is 620. The predicted octanol–water partition coefficient (Wildman–Crippen LogP) is 4.11. The molecule has 0 radical (unpaired) electrons. The first-order valence-electron chi connectivity index (χ1n) is 6.82. The minimum absolute atomic E-state index is 0.0817. The van der Waals surface area contributed by atoms with Crippen LogP contribution in [0.1, 0.15) is 24.6 Å². The maximum atomic E-state index is 6.06. The van der Waals surface area contributed by atoms with Crippen molar-refractivity contribution in [3.8, 4) is 11.6 Å². The van der Waals surface area contributed by atoms with Crippen LogP contribution in [-0.2, 0) is 13.5 Å². The molecule has 0 saturated carbocycles. The summed E-state index contributed by atoms with van der Waals surface area (Å²) >= 11 is 12.0. The van der Waals surface area contributed by atoms with Crippen LogP contribution in [0.5, 0.6) is 11.6 Å². The Morgan fingerprint density at radius 2 is 1.90 bits per heavy atom. The third-order valence-corrected chi connectivity index (χ3v) is 3.77. The van der Waals surface area contributed by atoms with Crippen LogP contribution < -0.4 is 10.5 Å². The van der Waals surface area contributed by atoms with Gasteiger partial charge in [0.25, 0.3) is 0 Å². The third-order valence-electron chi connectivity index (χ3n) is 3.33. The summed E-state index contributed by atoms with van der Waals surface area (Å²) in [7, 11) is 1.84. The fourth-order valence-corrected chi connectivity index (χ4v) is 2.66. The molecule has 0 saturated heterocycles. The minimum atomic E-state index is 0.0817. The molecule has 0 aliphatic heterocycles. The average Bonchev–Trinajstić information content (AvgIpc) is 2.64. The topological polar surface area (TPSA) is 53.1 Å². The number of aryl methyl sites for hydroxylation is 2. The Hall–Kier alpha value is -1.23. The fraction of sp³-hybridized carbons (Fsp3) is 0.400. The molecule has 0 aliphatic carbocycles. The standard InChI is InChI=1S/C15H19Cl2N3O/c1-4-12(18)8-14-9(2)19-20(3)15(14)21-13-6-10(16)5-11(17)7-13/h5-7,12H,4,8,18H2,1-3H3. The SMILES string of the molecule is CCC(N)Cc1c(C)nn(C)c1Oc1cc(Cl)cc(Cl)c1. The molecule has 0 aliphatic rings. The number of benzene rings is 1. The van der Waals surface area contributed by atoms with Gasteiger partial charge in [-0.2, -0.15) is 5.10 Å². The van der Waals surface area contributed by atoms with Crippen molar-refractivity contribution >= 4 is 23.2 Å². The number of halogens is 2. The molecule has 0 spiro atoms. The molecular formula is C15H19Cl2N3O. The molecule has 1 aromatic heterocycles. The van der Waals surface area contributed by atoms with E-state index in [1.165, 1.54) is 0 Å². The van der Waals surface area contributed by atoms with Crippen molar-refractivity contribution in [3.05, 3.63) is 39.5 Å². The van der Waals surface area contributed by atoms with Gasteiger partial charge in [0, 0.05) is 28.7 Å². The molecule has 2 aromatic rings. The number of nitrogens with zero attached hydrogens (tertiary/aromatic N) is 2. The predicted molar refractivity (Wildman–Crippen MR) is 86.5 cm³/mol. The lowest BCUT2D eigenvalue weighted by atomic mass is 10.1. The highest BCUT2D eigenvalue weighted by Crippen LogP contribution is 2.31. The quantitative estimate of drug-likeness (QED) is 0.899. The van der Waals surface area contributed by atoms with Crippen LogP contribution in [0, 0.1) is 6.92 Å². The first-order valence-corrected chi connectivity index (χ1v) is 7.58. The highest BCUT2D eigenvalue weighted by atomic mass is 35.5. The van der Waals surface area contributed by atoms with E-state index in [2.05, 4.69) is 12.0 Å². The first-order chi connectivity index (χ1) is 9.90. The maximum Gasteiger partial charge on any atom is 0.221 e. The Kier molecular flexibility index (Phi) is 5.14. The smallest absolute Gasteiger partial charge is 0.221 e. The monoisotopic (exact) mass is 327 g/mol. The lowest BCUT2D eigenvalue weighted by molar-refractivity contribution is 0.423. The van der Waals surface area contributed by atoms with E-state index in [1.807, 2.05) is 14.0 Å². The van der Waals surface area contributed by atoms with Crippen molar-refractivity contribution in [2.45, 2.75) is 32.7 Å². The van der Waals surface area contributed by atoms with Crippen molar-refractivity contribution in [2.75, 3.05) is 0 Å². The Morgan fingerprint density at radius 1 is 1.29 bits per heavy atom. The van der Waals surface area contributed by atoms with Crippen molar-refractivity contribution in [1.82, 2.24) is 9.78 Å². The zero-order chi connectivity index (χ0) is 15.6. The summed E-state index contributed by atoms with van der Waals surface area (Å²) in [5.41, 5.74) is 8.00. The van der Waals surface area contributed by atoms with E-state index in [0.29, 0.717) is 21.7 Å². The highest BCUT2D eigenvalue weighted by Gasteiger charge is 2.18. The van der Waals surface area contributed by atoms with Crippen LogP contribution in [0.25, 0.3) is 0 Å². The van der Waals surface area contributed by atoms with E-state index in [-0.39, 0.29) is 6.04 Å². The summed E-state index contributed by atoms with van der Waals surface area (Å²) in [5.74, 6) is 1.26. The zero-order valence-electron chi connectivity index (χ0n) is 12.4. The molecule has 4 nitrogen and oxygen atoms in total. The van der Waals surface area contributed by atoms with Crippen molar-refractivity contribution in [1.29, 1.82) is 0 Å². The zero-order valence-corrected chi connectivity index (χ0v) is 13.9. The van der Waals surface area contributed by atoms with E-state index < -0.39 is 0 Å². The third kappa shape index (κ3) is 3.90. The highest BCUT2D eigenvalue weighted by molar-refractivity contribution is 6.34. The van der Waals surface area contributed by atoms with Gasteiger partial charge < -0.3 is 10.5 Å². The minimum Gasteiger partial charge on any atom is -0.439 e. The molecule has 1 aromatic carbocycles. The van der Waals surface area contributed by atoms with Crippen LogP contribution >= 0.6 is 23.2 Å². The Balaban J connectivity index is 2.34. The molecule has 1 unspecified atom stereocenters. The number of ether oxygens (including phenoxy) is 1. The van der Waals surface area contributed by atoms with Gasteiger partial charge in [0.2, 0.25) is 5.88 Å². The van der Waals surface area contributed by atoms with E-state index in [1.54, 1.807) is 22.9 Å². The van der Waals surface area contributed by atoms with Gasteiger partial charge in [0.1, 0.15) is 5.75 Å². The summed E-state index contributed by atoms with van der Waals surface area (Å²) in [6, 6.07) is 5.19. The van der Waals surface area contributed by atoms with Gasteiger partial charge in [-0.05, 0) is 38.0 Å². The number of nitrogens with two attached hydrogens (primary N) is 1. The molecule has 0 amide bonds. The molecule has 2 rings (SSSR count). The maximum absolute atomic E-state index is 6.06. The average molecular weight is 328 g/mol. The van der Waals surface area contributed by atoms with Crippen molar-refractivity contribution in [3.63, 3.8) is 0 Å². The van der Waals surface area contributed by atoms with Crippen LogP contribution in [0.15, 0.2) is 18.2 Å². The van der Waals surface area contributed by atoms with Crippen molar-refractivity contribution < 1.29 is 4.74 Å². The largest absolute Gasteiger partial charge is 0.439 e.